The van der Waals surface area contributed by atoms with E-state index in [2.05, 4.69) is 5.32 Å². The van der Waals surface area contributed by atoms with E-state index in [0.29, 0.717) is 17.7 Å². The minimum absolute atomic E-state index is 0.263. The van der Waals surface area contributed by atoms with Crippen LogP contribution in [0.3, 0.4) is 0 Å². The van der Waals surface area contributed by atoms with Gasteiger partial charge in [0.1, 0.15) is 11.6 Å². The molecule has 0 aliphatic carbocycles. The molecule has 1 atom stereocenters. The van der Waals surface area contributed by atoms with Gasteiger partial charge in [0.2, 0.25) is 0 Å². The fourth-order valence-corrected chi connectivity index (χ4v) is 2.40. The molecule has 20 heavy (non-hydrogen) atoms. The normalized spacial score (nSPS) is 12.4. The highest BCUT2D eigenvalue weighted by Gasteiger charge is 2.20. The summed E-state index contributed by atoms with van der Waals surface area (Å²) in [5, 5.41) is 3.28. The lowest BCUT2D eigenvalue weighted by molar-refractivity contribution is 0.537. The number of hydrogen-bond acceptors (Lipinski definition) is 1. The van der Waals surface area contributed by atoms with Gasteiger partial charge >= 0.3 is 0 Å². The lowest BCUT2D eigenvalue weighted by Crippen LogP contribution is -2.24. The van der Waals surface area contributed by atoms with Crippen LogP contribution in [0.1, 0.15) is 35.2 Å². The Bertz CT molecular complexity index is 608. The van der Waals surface area contributed by atoms with Crippen molar-refractivity contribution in [3.05, 3.63) is 70.3 Å². The van der Waals surface area contributed by atoms with Gasteiger partial charge in [-0.1, -0.05) is 31.2 Å². The molecule has 0 saturated heterocycles. The van der Waals surface area contributed by atoms with E-state index in [1.165, 1.54) is 0 Å². The molecule has 2 rings (SSSR count). The monoisotopic (exact) mass is 275 g/mol. The van der Waals surface area contributed by atoms with E-state index < -0.39 is 11.6 Å². The van der Waals surface area contributed by atoms with Crippen molar-refractivity contribution >= 4 is 0 Å². The van der Waals surface area contributed by atoms with E-state index in [-0.39, 0.29) is 6.04 Å². The van der Waals surface area contributed by atoms with Gasteiger partial charge in [0.25, 0.3) is 0 Å². The molecule has 1 nitrogen and oxygen atoms in total. The highest BCUT2D eigenvalue weighted by molar-refractivity contribution is 5.39. The van der Waals surface area contributed by atoms with Crippen LogP contribution in [0.5, 0.6) is 0 Å². The lowest BCUT2D eigenvalue weighted by atomic mass is 9.93. The average Bonchev–Trinajstić information content (AvgIpc) is 2.42. The molecule has 1 unspecified atom stereocenters. The molecule has 1 N–H and O–H groups in total. The molecule has 0 aromatic heterocycles. The fourth-order valence-electron chi connectivity index (χ4n) is 2.40. The molecule has 0 saturated carbocycles. The molecular weight excluding hydrogens is 256 g/mol. The zero-order chi connectivity index (χ0) is 14.7. The topological polar surface area (TPSA) is 12.0 Å². The summed E-state index contributed by atoms with van der Waals surface area (Å²) in [6.07, 6.45) is 0. The maximum Gasteiger partial charge on any atom is 0.131 e. The summed E-state index contributed by atoms with van der Waals surface area (Å²) >= 11 is 0. The number of rotatable bonds is 4. The quantitative estimate of drug-likeness (QED) is 0.878. The summed E-state index contributed by atoms with van der Waals surface area (Å²) in [7, 11) is 0. The molecule has 0 amide bonds. The van der Waals surface area contributed by atoms with Gasteiger partial charge in [0.15, 0.2) is 0 Å². The zero-order valence-corrected chi connectivity index (χ0v) is 12.0. The van der Waals surface area contributed by atoms with Gasteiger partial charge in [0.05, 0.1) is 6.04 Å². The van der Waals surface area contributed by atoms with Gasteiger partial charge in [-0.15, -0.1) is 0 Å². The van der Waals surface area contributed by atoms with E-state index >= 15 is 0 Å². The van der Waals surface area contributed by atoms with Crippen LogP contribution < -0.4 is 5.32 Å². The van der Waals surface area contributed by atoms with Crippen LogP contribution in [0.25, 0.3) is 0 Å². The Labute approximate surface area is 118 Å². The van der Waals surface area contributed by atoms with E-state index in [4.69, 9.17) is 0 Å². The molecule has 0 fully saturated rings. The molecular formula is C17H19F2N. The highest BCUT2D eigenvalue weighted by Crippen LogP contribution is 2.28. The van der Waals surface area contributed by atoms with Crippen molar-refractivity contribution < 1.29 is 8.78 Å². The Hall–Kier alpha value is -1.74. The maximum atomic E-state index is 14.1. The van der Waals surface area contributed by atoms with Crippen LogP contribution in [0.4, 0.5) is 8.78 Å². The predicted octanol–water partition coefficient (Wildman–Crippen LogP) is 4.28. The number of aryl methyl sites for hydroxylation is 2. The predicted molar refractivity (Wildman–Crippen MR) is 77.8 cm³/mol. The van der Waals surface area contributed by atoms with Crippen molar-refractivity contribution in [2.45, 2.75) is 26.8 Å². The molecule has 0 aliphatic heterocycles. The van der Waals surface area contributed by atoms with Gasteiger partial charge in [0, 0.05) is 11.6 Å². The van der Waals surface area contributed by atoms with Crippen LogP contribution in [-0.2, 0) is 0 Å². The highest BCUT2D eigenvalue weighted by atomic mass is 19.1. The molecule has 0 bridgehead atoms. The molecule has 2 aromatic rings. The van der Waals surface area contributed by atoms with Gasteiger partial charge < -0.3 is 5.32 Å². The van der Waals surface area contributed by atoms with Gasteiger partial charge in [-0.3, -0.25) is 0 Å². The van der Waals surface area contributed by atoms with Crippen molar-refractivity contribution in [2.75, 3.05) is 6.54 Å². The first-order valence-corrected chi connectivity index (χ1v) is 6.79. The van der Waals surface area contributed by atoms with E-state index in [1.54, 1.807) is 13.0 Å². The number of nitrogens with one attached hydrogen (secondary N) is 1. The summed E-state index contributed by atoms with van der Waals surface area (Å²) < 4.78 is 27.6. The Morgan fingerprint density at radius 1 is 0.950 bits per heavy atom. The second-order valence-electron chi connectivity index (χ2n) is 4.97. The second-order valence-corrected chi connectivity index (χ2v) is 4.97. The van der Waals surface area contributed by atoms with Crippen molar-refractivity contribution in [1.29, 1.82) is 0 Å². The number of hydrogen-bond donors (Lipinski definition) is 1. The van der Waals surface area contributed by atoms with Crippen LogP contribution >= 0.6 is 0 Å². The van der Waals surface area contributed by atoms with Crippen molar-refractivity contribution in [2.24, 2.45) is 0 Å². The third-order valence-electron chi connectivity index (χ3n) is 3.50. The summed E-state index contributed by atoms with van der Waals surface area (Å²) in [4.78, 5) is 0. The van der Waals surface area contributed by atoms with Crippen LogP contribution in [-0.4, -0.2) is 6.54 Å². The third-order valence-corrected chi connectivity index (χ3v) is 3.50. The first kappa shape index (κ1) is 14.7. The third kappa shape index (κ3) is 2.88. The van der Waals surface area contributed by atoms with Gasteiger partial charge in [-0.25, -0.2) is 8.78 Å². The number of benzene rings is 2. The SMILES string of the molecule is CCNC(c1ccccc1C)c1cc(C)c(F)cc1F. The van der Waals surface area contributed by atoms with Crippen molar-refractivity contribution in [3.8, 4) is 0 Å². The molecule has 106 valence electrons. The van der Waals surface area contributed by atoms with Crippen LogP contribution in [0.2, 0.25) is 0 Å². The zero-order valence-electron chi connectivity index (χ0n) is 12.0. The maximum absolute atomic E-state index is 14.1. The van der Waals surface area contributed by atoms with Gasteiger partial charge in [-0.05, 0) is 43.1 Å². The molecule has 0 heterocycles. The fraction of sp³-hybridized carbons (Fsp3) is 0.294. The van der Waals surface area contributed by atoms with Crippen molar-refractivity contribution in [3.63, 3.8) is 0 Å². The van der Waals surface area contributed by atoms with Crippen LogP contribution in [0.15, 0.2) is 36.4 Å². The molecule has 0 aliphatic rings. The van der Waals surface area contributed by atoms with Gasteiger partial charge in [-0.2, -0.15) is 0 Å². The summed E-state index contributed by atoms with van der Waals surface area (Å²) in [5.41, 5.74) is 3.04. The van der Waals surface area contributed by atoms with Crippen molar-refractivity contribution in [1.82, 2.24) is 5.32 Å². The summed E-state index contributed by atoms with van der Waals surface area (Å²) in [5.74, 6) is -1.02. The summed E-state index contributed by atoms with van der Waals surface area (Å²) in [6.45, 7) is 6.32. The minimum atomic E-state index is -0.512. The first-order chi connectivity index (χ1) is 9.54. The Morgan fingerprint density at radius 3 is 2.30 bits per heavy atom. The largest absolute Gasteiger partial charge is 0.306 e. The Balaban J connectivity index is 2.54. The average molecular weight is 275 g/mol. The van der Waals surface area contributed by atoms with E-state index in [9.17, 15) is 8.78 Å². The first-order valence-electron chi connectivity index (χ1n) is 6.79. The molecule has 0 radical (unpaired) electrons. The second kappa shape index (κ2) is 6.14. The minimum Gasteiger partial charge on any atom is -0.306 e. The molecule has 2 aromatic carbocycles. The molecule has 3 heteroatoms. The standard InChI is InChI=1S/C17H19F2N/c1-4-20-17(13-8-6-5-7-11(13)2)14-9-12(3)15(18)10-16(14)19/h5-10,17,20H,4H2,1-3H3. The molecule has 0 spiro atoms. The summed E-state index contributed by atoms with van der Waals surface area (Å²) in [6, 6.07) is 10.1. The lowest BCUT2D eigenvalue weighted by Gasteiger charge is -2.22. The smallest absolute Gasteiger partial charge is 0.131 e. The van der Waals surface area contributed by atoms with E-state index in [0.717, 1.165) is 17.2 Å². The van der Waals surface area contributed by atoms with E-state index in [1.807, 2.05) is 38.1 Å². The Morgan fingerprint density at radius 2 is 1.65 bits per heavy atom. The Kier molecular flexibility index (Phi) is 4.50. The number of halogens is 2. The van der Waals surface area contributed by atoms with Crippen LogP contribution in [0, 0.1) is 25.5 Å².